The molecule has 0 bridgehead atoms. The van der Waals surface area contributed by atoms with E-state index in [2.05, 4.69) is 6.07 Å². The molecule has 2 aromatic carbocycles. The summed E-state index contributed by atoms with van der Waals surface area (Å²) in [6, 6.07) is 13.7. The molecular formula is C26H25NO5. The molecule has 1 aliphatic heterocycles. The maximum atomic E-state index is 12.6. The second-order valence-corrected chi connectivity index (χ2v) is 8.87. The van der Waals surface area contributed by atoms with Crippen molar-refractivity contribution in [3.63, 3.8) is 0 Å². The van der Waals surface area contributed by atoms with Crippen LogP contribution in [0, 0.1) is 11.8 Å². The minimum Gasteiger partial charge on any atom is -0.457 e. The molecule has 2 amide bonds. The SMILES string of the molecule is O=C(CCN1C(=O)[C@@H]2CCCC[C@H]2C1=O)OCC(=O)c1ccc2c(c1)-c1ccccc1C2. The molecule has 1 saturated heterocycles. The molecule has 0 radical (unpaired) electrons. The number of hydrogen-bond donors (Lipinski definition) is 0. The molecule has 1 saturated carbocycles. The predicted octanol–water partition coefficient (Wildman–Crippen LogP) is 3.55. The zero-order chi connectivity index (χ0) is 22.2. The molecule has 2 fully saturated rings. The molecule has 3 aliphatic rings. The zero-order valence-corrected chi connectivity index (χ0v) is 17.8. The third-order valence-corrected chi connectivity index (χ3v) is 6.96. The summed E-state index contributed by atoms with van der Waals surface area (Å²) in [5.41, 5.74) is 5.10. The molecule has 2 aromatic rings. The molecule has 0 aromatic heterocycles. The van der Waals surface area contributed by atoms with E-state index in [9.17, 15) is 19.2 Å². The lowest BCUT2D eigenvalue weighted by atomic mass is 9.81. The number of rotatable bonds is 6. The fourth-order valence-corrected chi connectivity index (χ4v) is 5.25. The number of hydrogen-bond acceptors (Lipinski definition) is 5. The van der Waals surface area contributed by atoms with Crippen LogP contribution in [0.5, 0.6) is 0 Å². The largest absolute Gasteiger partial charge is 0.457 e. The minimum atomic E-state index is -0.583. The summed E-state index contributed by atoms with van der Waals surface area (Å²) in [6.07, 6.45) is 4.18. The first kappa shape index (κ1) is 20.6. The molecule has 1 heterocycles. The Labute approximate surface area is 186 Å². The molecule has 2 aliphatic carbocycles. The van der Waals surface area contributed by atoms with E-state index >= 15 is 0 Å². The van der Waals surface area contributed by atoms with Gasteiger partial charge in [0.1, 0.15) is 0 Å². The van der Waals surface area contributed by atoms with E-state index in [4.69, 9.17) is 4.74 Å². The average molecular weight is 431 g/mol. The monoisotopic (exact) mass is 431 g/mol. The Balaban J connectivity index is 1.16. The van der Waals surface area contributed by atoms with Crippen LogP contribution in [0.4, 0.5) is 0 Å². The zero-order valence-electron chi connectivity index (χ0n) is 17.8. The fourth-order valence-electron chi connectivity index (χ4n) is 5.25. The van der Waals surface area contributed by atoms with Gasteiger partial charge in [0.15, 0.2) is 12.4 Å². The van der Waals surface area contributed by atoms with Gasteiger partial charge in [-0.3, -0.25) is 24.1 Å². The van der Waals surface area contributed by atoms with Gasteiger partial charge in [0.2, 0.25) is 11.8 Å². The molecule has 164 valence electrons. The molecule has 0 unspecified atom stereocenters. The highest BCUT2D eigenvalue weighted by atomic mass is 16.5. The average Bonchev–Trinajstić information content (AvgIpc) is 3.31. The van der Waals surface area contributed by atoms with Crippen LogP contribution in [0.25, 0.3) is 11.1 Å². The molecule has 6 heteroatoms. The van der Waals surface area contributed by atoms with Crippen molar-refractivity contribution in [1.29, 1.82) is 0 Å². The fraction of sp³-hybridized carbons (Fsp3) is 0.385. The van der Waals surface area contributed by atoms with Crippen molar-refractivity contribution in [3.05, 3.63) is 59.2 Å². The van der Waals surface area contributed by atoms with Crippen LogP contribution in [0.15, 0.2) is 42.5 Å². The Morgan fingerprint density at radius 1 is 0.906 bits per heavy atom. The van der Waals surface area contributed by atoms with Crippen LogP contribution < -0.4 is 0 Å². The van der Waals surface area contributed by atoms with E-state index in [1.807, 2.05) is 30.3 Å². The second kappa shape index (κ2) is 8.34. The molecule has 0 N–H and O–H groups in total. The van der Waals surface area contributed by atoms with Crippen molar-refractivity contribution in [3.8, 4) is 11.1 Å². The highest BCUT2D eigenvalue weighted by Crippen LogP contribution is 2.38. The smallest absolute Gasteiger partial charge is 0.308 e. The van der Waals surface area contributed by atoms with Gasteiger partial charge in [0, 0.05) is 12.1 Å². The van der Waals surface area contributed by atoms with Crippen molar-refractivity contribution in [2.24, 2.45) is 11.8 Å². The normalized spacial score (nSPS) is 21.2. The number of ketones is 1. The minimum absolute atomic E-state index is 0.0212. The molecule has 6 nitrogen and oxygen atoms in total. The number of ether oxygens (including phenoxy) is 1. The van der Waals surface area contributed by atoms with Gasteiger partial charge in [-0.05, 0) is 47.6 Å². The van der Waals surface area contributed by atoms with Crippen molar-refractivity contribution >= 4 is 23.6 Å². The van der Waals surface area contributed by atoms with Crippen LogP contribution in [0.3, 0.4) is 0 Å². The van der Waals surface area contributed by atoms with Crippen LogP contribution >= 0.6 is 0 Å². The summed E-state index contributed by atoms with van der Waals surface area (Å²) in [5, 5.41) is 0. The number of benzene rings is 2. The second-order valence-electron chi connectivity index (χ2n) is 8.87. The number of imide groups is 1. The lowest BCUT2D eigenvalue weighted by molar-refractivity contribution is -0.145. The van der Waals surface area contributed by atoms with Crippen molar-refractivity contribution in [2.45, 2.75) is 38.5 Å². The van der Waals surface area contributed by atoms with Gasteiger partial charge in [0.25, 0.3) is 0 Å². The van der Waals surface area contributed by atoms with E-state index in [1.165, 1.54) is 16.0 Å². The maximum absolute atomic E-state index is 12.6. The molecule has 2 atom stereocenters. The first-order valence-corrected chi connectivity index (χ1v) is 11.3. The highest BCUT2D eigenvalue weighted by Gasteiger charge is 2.47. The van der Waals surface area contributed by atoms with E-state index in [1.54, 1.807) is 6.07 Å². The van der Waals surface area contributed by atoms with Crippen LogP contribution in [0.1, 0.15) is 53.6 Å². The Kier molecular flexibility index (Phi) is 5.37. The van der Waals surface area contributed by atoms with E-state index in [0.29, 0.717) is 5.56 Å². The predicted molar refractivity (Wildman–Crippen MR) is 117 cm³/mol. The number of carbonyl (C=O) groups is 4. The Bertz CT molecular complexity index is 1100. The quantitative estimate of drug-likeness (QED) is 0.339. The lowest BCUT2D eigenvalue weighted by Crippen LogP contribution is -2.33. The highest BCUT2D eigenvalue weighted by molar-refractivity contribution is 6.05. The van der Waals surface area contributed by atoms with Gasteiger partial charge < -0.3 is 4.74 Å². The summed E-state index contributed by atoms with van der Waals surface area (Å²) in [5.74, 6) is -1.63. The van der Waals surface area contributed by atoms with E-state index in [0.717, 1.165) is 43.2 Å². The Morgan fingerprint density at radius 2 is 1.59 bits per heavy atom. The molecule has 5 rings (SSSR count). The standard InChI is InChI=1S/C26H25NO5/c28-23(18-10-9-17-13-16-5-1-2-6-19(16)22(17)14-18)15-32-24(29)11-12-27-25(30)20-7-3-4-8-21(20)26(27)31/h1-2,5-6,9-10,14,20-21H,3-4,7-8,11-13,15H2/t20-,21-/m1/s1. The first-order chi connectivity index (χ1) is 15.5. The lowest BCUT2D eigenvalue weighted by Gasteiger charge is -2.19. The van der Waals surface area contributed by atoms with E-state index in [-0.39, 0.29) is 49.0 Å². The Hall–Kier alpha value is -3.28. The number of carbonyl (C=O) groups excluding carboxylic acids is 4. The van der Waals surface area contributed by atoms with Gasteiger partial charge in [-0.15, -0.1) is 0 Å². The summed E-state index contributed by atoms with van der Waals surface area (Å²) in [6.45, 7) is -0.334. The Morgan fingerprint density at radius 3 is 2.34 bits per heavy atom. The summed E-state index contributed by atoms with van der Waals surface area (Å²) >= 11 is 0. The molecule has 0 spiro atoms. The molecular weight excluding hydrogens is 406 g/mol. The van der Waals surface area contributed by atoms with Gasteiger partial charge in [-0.1, -0.05) is 49.2 Å². The summed E-state index contributed by atoms with van der Waals surface area (Å²) < 4.78 is 5.16. The number of fused-ring (bicyclic) bond motifs is 4. The van der Waals surface area contributed by atoms with Gasteiger partial charge in [0.05, 0.1) is 18.3 Å². The van der Waals surface area contributed by atoms with Crippen molar-refractivity contribution in [2.75, 3.05) is 13.2 Å². The number of amides is 2. The topological polar surface area (TPSA) is 80.8 Å². The number of Topliss-reactive ketones (excluding diaryl/α,β-unsaturated/α-hetero) is 1. The van der Waals surface area contributed by atoms with Crippen LogP contribution in [-0.4, -0.2) is 41.6 Å². The number of likely N-dealkylation sites (tertiary alicyclic amines) is 1. The summed E-state index contributed by atoms with van der Waals surface area (Å²) in [7, 11) is 0. The third-order valence-electron chi connectivity index (χ3n) is 6.96. The maximum Gasteiger partial charge on any atom is 0.308 e. The third kappa shape index (κ3) is 3.64. The van der Waals surface area contributed by atoms with Gasteiger partial charge >= 0.3 is 5.97 Å². The number of nitrogens with zero attached hydrogens (tertiary/aromatic N) is 1. The van der Waals surface area contributed by atoms with E-state index < -0.39 is 5.97 Å². The van der Waals surface area contributed by atoms with Crippen molar-refractivity contribution < 1.29 is 23.9 Å². The van der Waals surface area contributed by atoms with Crippen molar-refractivity contribution in [1.82, 2.24) is 4.90 Å². The van der Waals surface area contributed by atoms with Crippen LogP contribution in [0.2, 0.25) is 0 Å². The summed E-state index contributed by atoms with van der Waals surface area (Å²) in [4.78, 5) is 51.0. The van der Waals surface area contributed by atoms with Gasteiger partial charge in [-0.2, -0.15) is 0 Å². The number of esters is 1. The molecule has 32 heavy (non-hydrogen) atoms. The first-order valence-electron chi connectivity index (χ1n) is 11.3. The van der Waals surface area contributed by atoms with Gasteiger partial charge in [-0.25, -0.2) is 0 Å². The van der Waals surface area contributed by atoms with Crippen LogP contribution in [-0.2, 0) is 25.5 Å².